The molecule has 0 amide bonds. The number of hydrogen-bond donors (Lipinski definition) is 1. The molecule has 2 rings (SSSR count). The molecule has 0 aliphatic carbocycles. The van der Waals surface area contributed by atoms with Crippen molar-refractivity contribution in [3.8, 4) is 0 Å². The lowest BCUT2D eigenvalue weighted by Gasteiger charge is -2.10. The highest BCUT2D eigenvalue weighted by molar-refractivity contribution is 6.04. The summed E-state index contributed by atoms with van der Waals surface area (Å²) in [4.78, 5) is 15.0. The van der Waals surface area contributed by atoms with Gasteiger partial charge in [-0.2, -0.15) is 13.2 Å². The molecule has 1 aromatic carbocycles. The van der Waals surface area contributed by atoms with Crippen molar-refractivity contribution in [3.05, 3.63) is 35.5 Å². The number of alkyl halides is 3. The lowest BCUT2D eigenvalue weighted by atomic mass is 10.1. The van der Waals surface area contributed by atoms with Gasteiger partial charge in [-0.15, -0.1) is 0 Å². The van der Waals surface area contributed by atoms with Crippen molar-refractivity contribution in [1.82, 2.24) is 4.98 Å². The van der Waals surface area contributed by atoms with Crippen molar-refractivity contribution < 1.29 is 22.7 Å². The van der Waals surface area contributed by atoms with Gasteiger partial charge in [0, 0.05) is 11.1 Å². The summed E-state index contributed by atoms with van der Waals surface area (Å²) in [5, 5.41) is 0.222. The quantitative estimate of drug-likeness (QED) is 0.639. The second-order valence-corrected chi connectivity index (χ2v) is 3.82. The van der Waals surface area contributed by atoms with Gasteiger partial charge in [-0.1, -0.05) is 0 Å². The minimum absolute atomic E-state index is 0.0319. The van der Waals surface area contributed by atoms with Crippen molar-refractivity contribution in [1.29, 1.82) is 0 Å². The molecule has 7 heteroatoms. The van der Waals surface area contributed by atoms with Gasteiger partial charge in [0.25, 0.3) is 0 Å². The smallest absolute Gasteiger partial charge is 0.433 e. The number of ether oxygens (including phenoxy) is 1. The van der Waals surface area contributed by atoms with E-state index in [4.69, 9.17) is 5.73 Å². The lowest BCUT2D eigenvalue weighted by molar-refractivity contribution is -0.141. The highest BCUT2D eigenvalue weighted by atomic mass is 19.4. The van der Waals surface area contributed by atoms with E-state index in [2.05, 4.69) is 9.72 Å². The van der Waals surface area contributed by atoms with Gasteiger partial charge in [-0.05, 0) is 24.3 Å². The monoisotopic (exact) mass is 270 g/mol. The number of aromatic nitrogens is 1. The average Bonchev–Trinajstić information content (AvgIpc) is 2.35. The molecule has 1 aromatic heterocycles. The first-order valence-electron chi connectivity index (χ1n) is 5.18. The minimum atomic E-state index is -4.64. The van der Waals surface area contributed by atoms with Gasteiger partial charge < -0.3 is 10.5 Å². The molecule has 100 valence electrons. The van der Waals surface area contributed by atoms with Gasteiger partial charge in [-0.25, -0.2) is 9.78 Å². The number of anilines is 1. The van der Waals surface area contributed by atoms with Gasteiger partial charge in [0.15, 0.2) is 0 Å². The molecule has 0 aliphatic heterocycles. The Hall–Kier alpha value is -2.31. The number of nitrogens with zero attached hydrogens (tertiary/aromatic N) is 1. The molecule has 19 heavy (non-hydrogen) atoms. The fourth-order valence-electron chi connectivity index (χ4n) is 1.67. The van der Waals surface area contributed by atoms with Crippen LogP contribution in [0.1, 0.15) is 16.1 Å². The van der Waals surface area contributed by atoms with Crippen LogP contribution in [0.2, 0.25) is 0 Å². The number of fused-ring (bicyclic) bond motifs is 1. The predicted octanol–water partition coefficient (Wildman–Crippen LogP) is 2.62. The molecule has 0 unspecified atom stereocenters. The summed E-state index contributed by atoms with van der Waals surface area (Å²) in [7, 11) is 1.09. The number of esters is 1. The van der Waals surface area contributed by atoms with Crippen LogP contribution in [-0.4, -0.2) is 18.1 Å². The van der Waals surface area contributed by atoms with Gasteiger partial charge in [0.2, 0.25) is 0 Å². The first kappa shape index (κ1) is 13.1. The summed E-state index contributed by atoms with van der Waals surface area (Å²) >= 11 is 0. The first-order chi connectivity index (χ1) is 8.82. The van der Waals surface area contributed by atoms with Crippen LogP contribution >= 0.6 is 0 Å². The van der Waals surface area contributed by atoms with Crippen molar-refractivity contribution in [2.75, 3.05) is 12.8 Å². The van der Waals surface area contributed by atoms with Crippen LogP contribution in [0.15, 0.2) is 24.3 Å². The fourth-order valence-corrected chi connectivity index (χ4v) is 1.67. The minimum Gasteiger partial charge on any atom is -0.465 e. The molecular weight excluding hydrogens is 261 g/mol. The van der Waals surface area contributed by atoms with E-state index in [1.165, 1.54) is 18.2 Å². The Bertz CT molecular complexity index is 653. The van der Waals surface area contributed by atoms with Gasteiger partial charge in [0.05, 0.1) is 18.2 Å². The SMILES string of the molecule is COC(=O)c1cc(C(F)(F)F)nc2ccc(N)cc12. The average molecular weight is 270 g/mol. The summed E-state index contributed by atoms with van der Waals surface area (Å²) in [6.45, 7) is 0. The standard InChI is InChI=1S/C12H9F3N2O2/c1-19-11(18)8-5-10(12(13,14)15)17-9-3-2-6(16)4-7(8)9/h2-5H,16H2,1H3. The number of pyridine rings is 1. The van der Waals surface area contributed by atoms with Crippen LogP contribution in [0.4, 0.5) is 18.9 Å². The number of carbonyl (C=O) groups excluding carboxylic acids is 1. The van der Waals surface area contributed by atoms with Crippen LogP contribution in [0, 0.1) is 0 Å². The number of halogens is 3. The molecule has 0 aliphatic rings. The second-order valence-electron chi connectivity index (χ2n) is 3.82. The maximum absolute atomic E-state index is 12.7. The lowest BCUT2D eigenvalue weighted by Crippen LogP contribution is -2.12. The number of nitrogen functional groups attached to an aromatic ring is 1. The Balaban J connectivity index is 2.80. The molecule has 0 radical (unpaired) electrons. The van der Waals surface area contributed by atoms with E-state index in [9.17, 15) is 18.0 Å². The zero-order chi connectivity index (χ0) is 14.2. The van der Waals surface area contributed by atoms with E-state index in [-0.39, 0.29) is 16.5 Å². The molecule has 0 saturated heterocycles. The van der Waals surface area contributed by atoms with Gasteiger partial charge in [0.1, 0.15) is 5.69 Å². The third-order valence-electron chi connectivity index (χ3n) is 2.53. The van der Waals surface area contributed by atoms with E-state index in [1.807, 2.05) is 0 Å². The Kier molecular flexibility index (Phi) is 3.05. The maximum atomic E-state index is 12.7. The van der Waals surface area contributed by atoms with Crippen molar-refractivity contribution in [2.45, 2.75) is 6.18 Å². The largest absolute Gasteiger partial charge is 0.465 e. The van der Waals surface area contributed by atoms with E-state index in [0.29, 0.717) is 11.8 Å². The van der Waals surface area contributed by atoms with Crippen molar-refractivity contribution >= 4 is 22.6 Å². The first-order valence-corrected chi connectivity index (χ1v) is 5.18. The zero-order valence-electron chi connectivity index (χ0n) is 9.78. The Labute approximate surface area is 106 Å². The number of benzene rings is 1. The third kappa shape index (κ3) is 2.44. The number of carbonyl (C=O) groups is 1. The Morgan fingerprint density at radius 2 is 2.00 bits per heavy atom. The van der Waals surface area contributed by atoms with Crippen LogP contribution in [0.5, 0.6) is 0 Å². The molecule has 2 N–H and O–H groups in total. The van der Waals surface area contributed by atoms with Gasteiger partial charge in [-0.3, -0.25) is 0 Å². The normalized spacial score (nSPS) is 11.6. The highest BCUT2D eigenvalue weighted by Gasteiger charge is 2.34. The van der Waals surface area contributed by atoms with Crippen LogP contribution in [0.3, 0.4) is 0 Å². The topological polar surface area (TPSA) is 65.2 Å². The summed E-state index contributed by atoms with van der Waals surface area (Å²) < 4.78 is 42.6. The Morgan fingerprint density at radius 1 is 1.32 bits per heavy atom. The number of nitrogens with two attached hydrogens (primary N) is 1. The summed E-state index contributed by atoms with van der Waals surface area (Å²) in [5.74, 6) is -0.872. The summed E-state index contributed by atoms with van der Waals surface area (Å²) in [6, 6.07) is 4.78. The van der Waals surface area contributed by atoms with Crippen LogP contribution in [0.25, 0.3) is 10.9 Å². The van der Waals surface area contributed by atoms with E-state index in [0.717, 1.165) is 7.11 Å². The van der Waals surface area contributed by atoms with Gasteiger partial charge >= 0.3 is 12.1 Å². The molecule has 4 nitrogen and oxygen atoms in total. The molecule has 0 fully saturated rings. The number of hydrogen-bond acceptors (Lipinski definition) is 4. The molecule has 1 heterocycles. The number of methoxy groups -OCH3 is 1. The van der Waals surface area contributed by atoms with Crippen molar-refractivity contribution in [2.24, 2.45) is 0 Å². The molecule has 0 spiro atoms. The fraction of sp³-hybridized carbons (Fsp3) is 0.167. The third-order valence-corrected chi connectivity index (χ3v) is 2.53. The van der Waals surface area contributed by atoms with Crippen molar-refractivity contribution in [3.63, 3.8) is 0 Å². The molecule has 0 atom stereocenters. The predicted molar refractivity (Wildman–Crippen MR) is 62.5 cm³/mol. The van der Waals surface area contributed by atoms with E-state index in [1.54, 1.807) is 0 Å². The molecular formula is C12H9F3N2O2. The van der Waals surface area contributed by atoms with Crippen LogP contribution in [-0.2, 0) is 10.9 Å². The highest BCUT2D eigenvalue weighted by Crippen LogP contribution is 2.31. The van der Waals surface area contributed by atoms with E-state index < -0.39 is 17.8 Å². The van der Waals surface area contributed by atoms with E-state index >= 15 is 0 Å². The molecule has 0 bridgehead atoms. The summed E-state index contributed by atoms with van der Waals surface area (Å²) in [5.41, 5.74) is 4.54. The summed E-state index contributed by atoms with van der Waals surface area (Å²) in [6.07, 6.45) is -4.64. The maximum Gasteiger partial charge on any atom is 0.433 e. The molecule has 2 aromatic rings. The van der Waals surface area contributed by atoms with Crippen LogP contribution < -0.4 is 5.73 Å². The second kappa shape index (κ2) is 4.42. The number of rotatable bonds is 1. The Morgan fingerprint density at radius 3 is 2.58 bits per heavy atom. The zero-order valence-corrected chi connectivity index (χ0v) is 9.78. The molecule has 0 saturated carbocycles.